The molecule has 0 bridgehead atoms. The Bertz CT molecular complexity index is 765. The molecule has 20 heavy (non-hydrogen) atoms. The number of hydrogen-bond acceptors (Lipinski definition) is 0. The van der Waals surface area contributed by atoms with Crippen molar-refractivity contribution in [2.75, 3.05) is 0 Å². The minimum Gasteiger partial charge on any atom is -0.0842 e. The van der Waals surface area contributed by atoms with Gasteiger partial charge in [-0.2, -0.15) is 0 Å². The van der Waals surface area contributed by atoms with Crippen molar-refractivity contribution in [2.45, 2.75) is 12.8 Å². The van der Waals surface area contributed by atoms with E-state index >= 15 is 0 Å². The molecular weight excluding hydrogens is 240 g/mol. The molecule has 1 aromatic carbocycles. The van der Waals surface area contributed by atoms with E-state index in [9.17, 15) is 0 Å². The molecule has 0 aliphatic heterocycles. The van der Waals surface area contributed by atoms with E-state index in [4.69, 9.17) is 0 Å². The van der Waals surface area contributed by atoms with Gasteiger partial charge < -0.3 is 0 Å². The second-order valence-corrected chi connectivity index (χ2v) is 6.06. The normalized spacial score (nSPS) is 28.6. The Morgan fingerprint density at radius 1 is 1.00 bits per heavy atom. The van der Waals surface area contributed by atoms with Crippen molar-refractivity contribution >= 4 is 11.1 Å². The van der Waals surface area contributed by atoms with Crippen LogP contribution in [0.2, 0.25) is 0 Å². The van der Waals surface area contributed by atoms with E-state index in [-0.39, 0.29) is 0 Å². The van der Waals surface area contributed by atoms with Crippen LogP contribution in [-0.2, 0) is 0 Å². The predicted molar refractivity (Wildman–Crippen MR) is 83.9 cm³/mol. The molecule has 0 spiro atoms. The van der Waals surface area contributed by atoms with Crippen LogP contribution < -0.4 is 0 Å². The third-order valence-corrected chi connectivity index (χ3v) is 5.06. The van der Waals surface area contributed by atoms with Crippen LogP contribution >= 0.6 is 0 Å². The minimum atomic E-state index is 0.478. The van der Waals surface area contributed by atoms with Gasteiger partial charge in [-0.05, 0) is 46.3 Å². The molecule has 2 atom stereocenters. The molecule has 0 heterocycles. The highest BCUT2D eigenvalue weighted by Gasteiger charge is 2.38. The van der Waals surface area contributed by atoms with Crippen molar-refractivity contribution in [3.05, 3.63) is 83.0 Å². The predicted octanol–water partition coefficient (Wildman–Crippen LogP) is 4.93. The summed E-state index contributed by atoms with van der Waals surface area (Å²) in [5.41, 5.74) is 9.11. The average Bonchev–Trinajstić information content (AvgIpc) is 2.85. The van der Waals surface area contributed by atoms with Gasteiger partial charge in [0.25, 0.3) is 0 Å². The van der Waals surface area contributed by atoms with Gasteiger partial charge in [0, 0.05) is 11.8 Å². The fourth-order valence-corrected chi connectivity index (χ4v) is 4.26. The number of benzene rings is 1. The molecule has 0 saturated carbocycles. The summed E-state index contributed by atoms with van der Waals surface area (Å²) >= 11 is 0. The number of hydrogen-bond donors (Lipinski definition) is 0. The molecule has 0 amide bonds. The Hall–Kier alpha value is -2.08. The summed E-state index contributed by atoms with van der Waals surface area (Å²) in [6, 6.07) is 8.95. The average molecular weight is 256 g/mol. The standard InChI is InChI=1S/C20H16/c1-2-8-15-13(6-1)12-14-7-5-11-17-16-9-3-4-10-18(16)20(15)19(14)17/h1,3-7,9-12,14-15H,2,8H2. The monoisotopic (exact) mass is 256 g/mol. The van der Waals surface area contributed by atoms with Crippen LogP contribution in [0, 0.1) is 11.8 Å². The number of fused-ring (bicyclic) bond motifs is 5. The lowest BCUT2D eigenvalue weighted by Gasteiger charge is -2.32. The van der Waals surface area contributed by atoms with Crippen LogP contribution in [0.4, 0.5) is 0 Å². The third-order valence-electron chi connectivity index (χ3n) is 5.06. The zero-order chi connectivity index (χ0) is 13.1. The van der Waals surface area contributed by atoms with E-state index in [1.807, 2.05) is 0 Å². The molecular formula is C20H16. The molecule has 0 N–H and O–H groups in total. The van der Waals surface area contributed by atoms with E-state index in [1.54, 1.807) is 11.1 Å². The van der Waals surface area contributed by atoms with Crippen LogP contribution in [0.15, 0.2) is 71.9 Å². The van der Waals surface area contributed by atoms with E-state index in [0.29, 0.717) is 11.8 Å². The summed E-state index contributed by atoms with van der Waals surface area (Å²) in [5, 5.41) is 0. The van der Waals surface area contributed by atoms with Crippen LogP contribution in [-0.4, -0.2) is 0 Å². The Balaban J connectivity index is 1.83. The van der Waals surface area contributed by atoms with Gasteiger partial charge in [-0.3, -0.25) is 0 Å². The van der Waals surface area contributed by atoms with Crippen molar-refractivity contribution in [1.82, 2.24) is 0 Å². The van der Waals surface area contributed by atoms with Gasteiger partial charge in [-0.15, -0.1) is 0 Å². The zero-order valence-electron chi connectivity index (χ0n) is 11.3. The molecule has 2 unspecified atom stereocenters. The van der Waals surface area contributed by atoms with Crippen molar-refractivity contribution < 1.29 is 0 Å². The summed E-state index contributed by atoms with van der Waals surface area (Å²) in [4.78, 5) is 0. The number of rotatable bonds is 0. The lowest BCUT2D eigenvalue weighted by molar-refractivity contribution is 0.671. The molecule has 96 valence electrons. The lowest BCUT2D eigenvalue weighted by atomic mass is 9.72. The van der Waals surface area contributed by atoms with Crippen LogP contribution in [0.5, 0.6) is 0 Å². The summed E-state index contributed by atoms with van der Waals surface area (Å²) in [6.07, 6.45) is 16.5. The van der Waals surface area contributed by atoms with Crippen molar-refractivity contribution in [3.63, 3.8) is 0 Å². The quantitative estimate of drug-likeness (QED) is 0.617. The first kappa shape index (κ1) is 10.7. The van der Waals surface area contributed by atoms with Crippen LogP contribution in [0.1, 0.15) is 24.0 Å². The van der Waals surface area contributed by atoms with E-state index in [2.05, 4.69) is 60.7 Å². The van der Waals surface area contributed by atoms with Crippen molar-refractivity contribution in [1.29, 1.82) is 0 Å². The molecule has 0 fully saturated rings. The SMILES string of the molecule is C1=CC2C=C3C=CCCC3C3=C2C(=C1)c1ccccc13. The molecule has 5 rings (SSSR count). The first-order valence-corrected chi connectivity index (χ1v) is 7.54. The highest BCUT2D eigenvalue weighted by Crippen LogP contribution is 2.55. The first-order chi connectivity index (χ1) is 9.93. The maximum atomic E-state index is 2.48. The van der Waals surface area contributed by atoms with Gasteiger partial charge in [-0.25, -0.2) is 0 Å². The smallest absolute Gasteiger partial charge is 0.0217 e. The van der Waals surface area contributed by atoms with E-state index < -0.39 is 0 Å². The Labute approximate surface area is 119 Å². The molecule has 1 aromatic rings. The molecule has 0 saturated heterocycles. The van der Waals surface area contributed by atoms with Crippen molar-refractivity contribution in [2.24, 2.45) is 11.8 Å². The minimum absolute atomic E-state index is 0.478. The molecule has 0 aromatic heterocycles. The molecule has 4 aliphatic carbocycles. The molecule has 0 radical (unpaired) electrons. The Morgan fingerprint density at radius 2 is 1.90 bits per heavy atom. The third kappa shape index (κ3) is 1.22. The van der Waals surface area contributed by atoms with Crippen LogP contribution in [0.3, 0.4) is 0 Å². The maximum Gasteiger partial charge on any atom is 0.0217 e. The van der Waals surface area contributed by atoms with Gasteiger partial charge in [-0.1, -0.05) is 60.7 Å². The largest absolute Gasteiger partial charge is 0.0842 e. The highest BCUT2D eigenvalue weighted by atomic mass is 14.4. The summed E-state index contributed by atoms with van der Waals surface area (Å²) < 4.78 is 0. The molecule has 4 aliphatic rings. The summed E-state index contributed by atoms with van der Waals surface area (Å²) in [7, 11) is 0. The number of allylic oxidation sites excluding steroid dienone is 10. The van der Waals surface area contributed by atoms with Gasteiger partial charge >= 0.3 is 0 Å². The Kier molecular flexibility index (Phi) is 1.99. The van der Waals surface area contributed by atoms with E-state index in [0.717, 1.165) is 0 Å². The van der Waals surface area contributed by atoms with E-state index in [1.165, 1.54) is 35.1 Å². The van der Waals surface area contributed by atoms with Crippen molar-refractivity contribution in [3.8, 4) is 0 Å². The lowest BCUT2D eigenvalue weighted by Crippen LogP contribution is -2.17. The second kappa shape index (κ2) is 3.73. The van der Waals surface area contributed by atoms with Gasteiger partial charge in [0.15, 0.2) is 0 Å². The summed E-state index contributed by atoms with van der Waals surface area (Å²) in [5.74, 6) is 1.09. The zero-order valence-corrected chi connectivity index (χ0v) is 11.3. The fraction of sp³-hybridized carbons (Fsp3) is 0.200. The first-order valence-electron chi connectivity index (χ1n) is 7.54. The fourth-order valence-electron chi connectivity index (χ4n) is 4.26. The summed E-state index contributed by atoms with van der Waals surface area (Å²) in [6.45, 7) is 0. The highest BCUT2D eigenvalue weighted by molar-refractivity contribution is 6.04. The van der Waals surface area contributed by atoms with Gasteiger partial charge in [0.1, 0.15) is 0 Å². The topological polar surface area (TPSA) is 0 Å². The Morgan fingerprint density at radius 3 is 2.85 bits per heavy atom. The molecule has 0 nitrogen and oxygen atoms in total. The molecule has 0 heteroatoms. The second-order valence-electron chi connectivity index (χ2n) is 6.06. The van der Waals surface area contributed by atoms with Gasteiger partial charge in [0.05, 0.1) is 0 Å². The van der Waals surface area contributed by atoms with Crippen LogP contribution in [0.25, 0.3) is 11.1 Å². The van der Waals surface area contributed by atoms with Gasteiger partial charge in [0.2, 0.25) is 0 Å². The maximum absolute atomic E-state index is 2.48.